The Morgan fingerprint density at radius 3 is 2.35 bits per heavy atom. The minimum absolute atomic E-state index is 0.317. The molecular formula is C13H14O4. The first kappa shape index (κ1) is 13.0. The molecule has 0 unspecified atom stereocenters. The zero-order valence-electron chi connectivity index (χ0n) is 9.77. The number of carboxylic acids is 1. The molecule has 0 fully saturated rings. The van der Waals surface area contributed by atoms with Crippen molar-refractivity contribution in [1.29, 1.82) is 0 Å². The normalized spacial score (nSPS) is 11.1. The van der Waals surface area contributed by atoms with Gasteiger partial charge in [0.25, 0.3) is 0 Å². The molecule has 17 heavy (non-hydrogen) atoms. The Bertz CT molecular complexity index is 443. The van der Waals surface area contributed by atoms with Gasteiger partial charge in [-0.2, -0.15) is 0 Å². The molecule has 0 heterocycles. The molecule has 0 aromatic heterocycles. The molecule has 1 N–H and O–H groups in total. The molecule has 0 spiro atoms. The van der Waals surface area contributed by atoms with Gasteiger partial charge in [0.2, 0.25) is 5.78 Å². The number of hydrogen-bond donors (Lipinski definition) is 1. The van der Waals surface area contributed by atoms with Crippen LogP contribution in [0.3, 0.4) is 0 Å². The topological polar surface area (TPSA) is 63.6 Å². The van der Waals surface area contributed by atoms with Gasteiger partial charge in [-0.05, 0) is 13.8 Å². The molecular weight excluding hydrogens is 220 g/mol. The first-order chi connectivity index (χ1) is 8.06. The van der Waals surface area contributed by atoms with E-state index < -0.39 is 11.8 Å². The third kappa shape index (κ3) is 3.45. The minimum atomic E-state index is -1.29. The Kier molecular flexibility index (Phi) is 4.46. The number of benzene rings is 1. The highest BCUT2D eigenvalue weighted by atomic mass is 16.5. The SMILES string of the molecule is CCOC=C(C(=O)O)C(=O)c1ccc(C)cc1. The molecule has 0 bridgehead atoms. The summed E-state index contributed by atoms with van der Waals surface area (Å²) < 4.78 is 4.86. The highest BCUT2D eigenvalue weighted by Gasteiger charge is 2.19. The largest absolute Gasteiger partial charge is 0.500 e. The van der Waals surface area contributed by atoms with Gasteiger partial charge in [0.15, 0.2) is 0 Å². The molecule has 0 atom stereocenters. The summed E-state index contributed by atoms with van der Waals surface area (Å²) in [4.78, 5) is 22.8. The van der Waals surface area contributed by atoms with Crippen LogP contribution in [0.1, 0.15) is 22.8 Å². The van der Waals surface area contributed by atoms with Crippen molar-refractivity contribution < 1.29 is 19.4 Å². The van der Waals surface area contributed by atoms with Gasteiger partial charge in [-0.25, -0.2) is 4.79 Å². The Labute approximate surface area is 99.5 Å². The van der Waals surface area contributed by atoms with Crippen LogP contribution in [-0.2, 0) is 9.53 Å². The van der Waals surface area contributed by atoms with Crippen LogP contribution >= 0.6 is 0 Å². The van der Waals surface area contributed by atoms with Crippen LogP contribution in [-0.4, -0.2) is 23.5 Å². The van der Waals surface area contributed by atoms with E-state index in [0.717, 1.165) is 11.8 Å². The van der Waals surface area contributed by atoms with Crippen molar-refractivity contribution in [2.24, 2.45) is 0 Å². The second kappa shape index (κ2) is 5.84. The van der Waals surface area contributed by atoms with Gasteiger partial charge in [0, 0.05) is 5.56 Å². The fraction of sp³-hybridized carbons (Fsp3) is 0.231. The fourth-order valence-electron chi connectivity index (χ4n) is 1.23. The Morgan fingerprint density at radius 1 is 1.29 bits per heavy atom. The van der Waals surface area contributed by atoms with E-state index in [2.05, 4.69) is 0 Å². The molecule has 4 heteroatoms. The molecule has 0 saturated carbocycles. The van der Waals surface area contributed by atoms with Gasteiger partial charge >= 0.3 is 5.97 Å². The summed E-state index contributed by atoms with van der Waals surface area (Å²) in [6.45, 7) is 3.92. The predicted octanol–water partition coefficient (Wildman–Crippen LogP) is 2.18. The number of aliphatic carboxylic acids is 1. The third-order valence-electron chi connectivity index (χ3n) is 2.16. The van der Waals surface area contributed by atoms with E-state index in [1.54, 1.807) is 31.2 Å². The van der Waals surface area contributed by atoms with Gasteiger partial charge < -0.3 is 9.84 Å². The molecule has 0 radical (unpaired) electrons. The van der Waals surface area contributed by atoms with Crippen LogP contribution in [0.4, 0.5) is 0 Å². The van der Waals surface area contributed by atoms with Crippen LogP contribution in [0.5, 0.6) is 0 Å². The third-order valence-corrected chi connectivity index (χ3v) is 2.16. The smallest absolute Gasteiger partial charge is 0.342 e. The lowest BCUT2D eigenvalue weighted by Gasteiger charge is -2.03. The van der Waals surface area contributed by atoms with Crippen LogP contribution in [0, 0.1) is 6.92 Å². The Morgan fingerprint density at radius 2 is 1.88 bits per heavy atom. The summed E-state index contributed by atoms with van der Waals surface area (Å²) in [5.41, 5.74) is 0.979. The van der Waals surface area contributed by atoms with Crippen molar-refractivity contribution in [2.75, 3.05) is 6.61 Å². The lowest BCUT2D eigenvalue weighted by molar-refractivity contribution is -0.132. The van der Waals surface area contributed by atoms with E-state index in [1.807, 2.05) is 6.92 Å². The summed E-state index contributed by atoms with van der Waals surface area (Å²) >= 11 is 0. The average molecular weight is 234 g/mol. The summed E-state index contributed by atoms with van der Waals surface area (Å²) in [5, 5.41) is 8.92. The quantitative estimate of drug-likeness (QED) is 0.279. The summed E-state index contributed by atoms with van der Waals surface area (Å²) in [6.07, 6.45) is 0.991. The van der Waals surface area contributed by atoms with E-state index in [-0.39, 0.29) is 5.57 Å². The number of rotatable bonds is 5. The molecule has 4 nitrogen and oxygen atoms in total. The van der Waals surface area contributed by atoms with Crippen molar-refractivity contribution in [3.05, 3.63) is 47.2 Å². The molecule has 0 aliphatic carbocycles. The van der Waals surface area contributed by atoms with Crippen molar-refractivity contribution in [2.45, 2.75) is 13.8 Å². The van der Waals surface area contributed by atoms with Crippen molar-refractivity contribution >= 4 is 11.8 Å². The summed E-state index contributed by atoms with van der Waals surface area (Å²) in [5.74, 6) is -1.84. The van der Waals surface area contributed by atoms with Crippen LogP contribution < -0.4 is 0 Å². The average Bonchev–Trinajstić information content (AvgIpc) is 2.29. The number of ether oxygens (including phenoxy) is 1. The minimum Gasteiger partial charge on any atom is -0.500 e. The highest BCUT2D eigenvalue weighted by Crippen LogP contribution is 2.10. The standard InChI is InChI=1S/C13H14O4/c1-3-17-8-11(13(15)16)12(14)10-6-4-9(2)5-7-10/h4-8H,3H2,1-2H3,(H,15,16). The van der Waals surface area contributed by atoms with Crippen LogP contribution in [0.15, 0.2) is 36.1 Å². The van der Waals surface area contributed by atoms with Gasteiger partial charge in [0.1, 0.15) is 11.8 Å². The van der Waals surface area contributed by atoms with Gasteiger partial charge in [-0.3, -0.25) is 4.79 Å². The van der Waals surface area contributed by atoms with E-state index >= 15 is 0 Å². The summed E-state index contributed by atoms with van der Waals surface area (Å²) in [6, 6.07) is 6.71. The number of carbonyl (C=O) groups excluding carboxylic acids is 1. The molecule has 0 aliphatic heterocycles. The molecule has 1 rings (SSSR count). The van der Waals surface area contributed by atoms with Crippen molar-refractivity contribution in [3.63, 3.8) is 0 Å². The zero-order chi connectivity index (χ0) is 12.8. The molecule has 0 aliphatic rings. The van der Waals surface area contributed by atoms with E-state index in [4.69, 9.17) is 9.84 Å². The lowest BCUT2D eigenvalue weighted by atomic mass is 10.0. The maximum atomic E-state index is 11.9. The van der Waals surface area contributed by atoms with Gasteiger partial charge in [-0.15, -0.1) is 0 Å². The highest BCUT2D eigenvalue weighted by molar-refractivity contribution is 6.23. The second-order valence-corrected chi connectivity index (χ2v) is 3.49. The Hall–Kier alpha value is -2.10. The molecule has 1 aromatic carbocycles. The number of Topliss-reactive ketones (excluding diaryl/α,β-unsaturated/α-hetero) is 1. The maximum Gasteiger partial charge on any atom is 0.342 e. The predicted molar refractivity (Wildman–Crippen MR) is 62.9 cm³/mol. The monoisotopic (exact) mass is 234 g/mol. The van der Waals surface area contributed by atoms with E-state index in [1.165, 1.54) is 0 Å². The first-order valence-corrected chi connectivity index (χ1v) is 5.22. The lowest BCUT2D eigenvalue weighted by Crippen LogP contribution is -2.13. The molecule has 0 amide bonds. The van der Waals surface area contributed by atoms with Crippen molar-refractivity contribution in [1.82, 2.24) is 0 Å². The fourth-order valence-corrected chi connectivity index (χ4v) is 1.23. The van der Waals surface area contributed by atoms with E-state index in [9.17, 15) is 9.59 Å². The van der Waals surface area contributed by atoms with E-state index in [0.29, 0.717) is 12.2 Å². The zero-order valence-corrected chi connectivity index (χ0v) is 9.77. The molecule has 1 aromatic rings. The number of carbonyl (C=O) groups is 2. The number of carboxylic acid groups (broad SMARTS) is 1. The van der Waals surface area contributed by atoms with Crippen molar-refractivity contribution in [3.8, 4) is 0 Å². The van der Waals surface area contributed by atoms with Crippen LogP contribution in [0.2, 0.25) is 0 Å². The molecule has 90 valence electrons. The van der Waals surface area contributed by atoms with Gasteiger partial charge in [-0.1, -0.05) is 29.8 Å². The first-order valence-electron chi connectivity index (χ1n) is 5.22. The second-order valence-electron chi connectivity index (χ2n) is 3.49. The number of aryl methyl sites for hydroxylation is 1. The maximum absolute atomic E-state index is 11.9. The Balaban J connectivity index is 3.00. The van der Waals surface area contributed by atoms with Gasteiger partial charge in [0.05, 0.1) is 6.61 Å². The van der Waals surface area contributed by atoms with Crippen LogP contribution in [0.25, 0.3) is 0 Å². The summed E-state index contributed by atoms with van der Waals surface area (Å²) in [7, 11) is 0. The molecule has 0 saturated heterocycles. The number of ketones is 1. The number of hydrogen-bond acceptors (Lipinski definition) is 3.